The number of likely N-dealkylation sites (N-methyl/N-ethyl adjacent to an activating group) is 1. The molecule has 2 aliphatic rings. The summed E-state index contributed by atoms with van der Waals surface area (Å²) in [5.74, 6) is -0.0346. The van der Waals surface area contributed by atoms with E-state index < -0.39 is 0 Å². The lowest BCUT2D eigenvalue weighted by Crippen LogP contribution is -2.47. The van der Waals surface area contributed by atoms with Gasteiger partial charge in [-0.1, -0.05) is 24.3 Å². The maximum Gasteiger partial charge on any atom is 0.223 e. The van der Waals surface area contributed by atoms with Gasteiger partial charge in [0, 0.05) is 25.7 Å². The minimum absolute atomic E-state index is 0.0108. The van der Waals surface area contributed by atoms with Gasteiger partial charge in [-0.05, 0) is 43.6 Å². The highest BCUT2D eigenvalue weighted by atomic mass is 16.2. The zero-order valence-electron chi connectivity index (χ0n) is 14.4. The van der Waals surface area contributed by atoms with E-state index >= 15 is 0 Å². The number of nitrogens with zero attached hydrogens (tertiary/aromatic N) is 2. The van der Waals surface area contributed by atoms with Crippen LogP contribution in [-0.4, -0.2) is 47.8 Å². The Balaban J connectivity index is 1.72. The maximum absolute atomic E-state index is 12.6. The number of nitrogens with one attached hydrogen (secondary N) is 1. The Morgan fingerprint density at radius 2 is 2.08 bits per heavy atom. The molecule has 1 saturated heterocycles. The van der Waals surface area contributed by atoms with E-state index in [1.54, 1.807) is 18.0 Å². The molecule has 0 aliphatic carbocycles. The quantitative estimate of drug-likeness (QED) is 0.926. The lowest BCUT2D eigenvalue weighted by atomic mass is 9.93. The van der Waals surface area contributed by atoms with Crippen LogP contribution in [-0.2, 0) is 9.59 Å². The summed E-state index contributed by atoms with van der Waals surface area (Å²) in [6, 6.07) is 7.92. The molecule has 2 aliphatic heterocycles. The number of likely N-dealkylation sites (tertiary alicyclic amines) is 1. The van der Waals surface area contributed by atoms with Crippen LogP contribution in [0, 0.1) is 0 Å². The lowest BCUT2D eigenvalue weighted by molar-refractivity contribution is -0.130. The van der Waals surface area contributed by atoms with E-state index in [1.165, 1.54) is 0 Å². The summed E-state index contributed by atoms with van der Waals surface area (Å²) in [5.41, 5.74) is 2.11. The van der Waals surface area contributed by atoms with E-state index in [9.17, 15) is 9.59 Å². The number of hydrogen-bond acceptors (Lipinski definition) is 3. The normalized spacial score (nSPS) is 23.7. The molecule has 0 aromatic heterocycles. The number of fused-ring (bicyclic) bond motifs is 1. The molecular formula is C19H25N3O2. The van der Waals surface area contributed by atoms with Crippen LogP contribution in [0.2, 0.25) is 0 Å². The third-order valence-electron chi connectivity index (χ3n) is 4.84. The summed E-state index contributed by atoms with van der Waals surface area (Å²) in [7, 11) is 2.08. The van der Waals surface area contributed by atoms with Gasteiger partial charge in [0.05, 0.1) is 12.5 Å². The Bertz CT molecular complexity index is 656. The minimum Gasteiger partial charge on any atom is -0.352 e. The Hall–Kier alpha value is -2.14. The van der Waals surface area contributed by atoms with Crippen molar-refractivity contribution in [2.45, 2.75) is 38.3 Å². The second-order valence-electron chi connectivity index (χ2n) is 6.76. The summed E-state index contributed by atoms with van der Waals surface area (Å²) in [5, 5.41) is 3.14. The highest BCUT2D eigenvalue weighted by Gasteiger charge is 2.29. The van der Waals surface area contributed by atoms with Gasteiger partial charge in [0.2, 0.25) is 11.8 Å². The number of carbonyl (C=O) groups excluding carboxylic acids is 2. The predicted octanol–water partition coefficient (Wildman–Crippen LogP) is 2.16. The van der Waals surface area contributed by atoms with Crippen molar-refractivity contribution in [1.82, 2.24) is 15.1 Å². The molecule has 0 spiro atoms. The monoisotopic (exact) mass is 327 g/mol. The van der Waals surface area contributed by atoms with Gasteiger partial charge in [0.25, 0.3) is 0 Å². The van der Waals surface area contributed by atoms with Gasteiger partial charge in [-0.2, -0.15) is 0 Å². The van der Waals surface area contributed by atoms with E-state index in [0.29, 0.717) is 6.42 Å². The third kappa shape index (κ3) is 3.67. The molecule has 0 radical (unpaired) electrons. The van der Waals surface area contributed by atoms with E-state index in [-0.39, 0.29) is 23.9 Å². The van der Waals surface area contributed by atoms with E-state index in [4.69, 9.17) is 0 Å². The standard InChI is InChI=1S/C19H25N3O2/c1-14(23)22-11-9-15-6-3-4-8-17(15)18(22)12-19(24)20-16-7-5-10-21(2)13-16/h3-4,6,8-9,11,16,18H,5,7,10,12-13H2,1-2H3,(H,20,24)/t16-,18-/m0/s1. The number of piperidine rings is 1. The summed E-state index contributed by atoms with van der Waals surface area (Å²) in [6.07, 6.45) is 6.14. The van der Waals surface area contributed by atoms with Crippen LogP contribution in [0.5, 0.6) is 0 Å². The minimum atomic E-state index is -0.231. The molecule has 0 bridgehead atoms. The van der Waals surface area contributed by atoms with Crippen LogP contribution in [0.25, 0.3) is 6.08 Å². The zero-order chi connectivity index (χ0) is 17.1. The average Bonchev–Trinajstić information content (AvgIpc) is 2.54. The van der Waals surface area contributed by atoms with Crippen molar-refractivity contribution in [3.05, 3.63) is 41.6 Å². The van der Waals surface area contributed by atoms with Crippen molar-refractivity contribution in [1.29, 1.82) is 0 Å². The van der Waals surface area contributed by atoms with Crippen molar-refractivity contribution >= 4 is 17.9 Å². The Morgan fingerprint density at radius 3 is 2.83 bits per heavy atom. The van der Waals surface area contributed by atoms with Crippen LogP contribution < -0.4 is 5.32 Å². The van der Waals surface area contributed by atoms with E-state index in [1.807, 2.05) is 30.3 Å². The van der Waals surface area contributed by atoms with Gasteiger partial charge in [0.1, 0.15) is 0 Å². The van der Waals surface area contributed by atoms with Crippen LogP contribution in [0.1, 0.15) is 43.4 Å². The Labute approximate surface area is 143 Å². The van der Waals surface area contributed by atoms with Gasteiger partial charge in [-0.15, -0.1) is 0 Å². The molecule has 5 nitrogen and oxygen atoms in total. The van der Waals surface area contributed by atoms with Crippen LogP contribution in [0.3, 0.4) is 0 Å². The summed E-state index contributed by atoms with van der Waals surface area (Å²) in [6.45, 7) is 3.52. The predicted molar refractivity (Wildman–Crippen MR) is 94.0 cm³/mol. The fourth-order valence-electron chi connectivity index (χ4n) is 3.66. The van der Waals surface area contributed by atoms with Crippen molar-refractivity contribution in [3.8, 4) is 0 Å². The second-order valence-corrected chi connectivity index (χ2v) is 6.76. The van der Waals surface area contributed by atoms with Crippen LogP contribution in [0.4, 0.5) is 0 Å². The van der Waals surface area contributed by atoms with Gasteiger partial charge in [0.15, 0.2) is 0 Å². The molecular weight excluding hydrogens is 302 g/mol. The van der Waals surface area contributed by atoms with Crippen molar-refractivity contribution in [3.63, 3.8) is 0 Å². The molecule has 1 aromatic carbocycles. The highest BCUT2D eigenvalue weighted by molar-refractivity contribution is 5.82. The molecule has 2 atom stereocenters. The molecule has 2 heterocycles. The van der Waals surface area contributed by atoms with Crippen molar-refractivity contribution < 1.29 is 9.59 Å². The number of amides is 2. The fourth-order valence-corrected chi connectivity index (χ4v) is 3.66. The van der Waals surface area contributed by atoms with Crippen molar-refractivity contribution in [2.24, 2.45) is 0 Å². The molecule has 0 unspecified atom stereocenters. The van der Waals surface area contributed by atoms with Crippen LogP contribution in [0.15, 0.2) is 30.5 Å². The van der Waals surface area contributed by atoms with Crippen molar-refractivity contribution in [2.75, 3.05) is 20.1 Å². The summed E-state index contributed by atoms with van der Waals surface area (Å²) in [4.78, 5) is 28.4. The molecule has 24 heavy (non-hydrogen) atoms. The van der Waals surface area contributed by atoms with Gasteiger partial charge >= 0.3 is 0 Å². The Morgan fingerprint density at radius 1 is 1.29 bits per heavy atom. The topological polar surface area (TPSA) is 52.7 Å². The number of hydrogen-bond donors (Lipinski definition) is 1. The molecule has 1 N–H and O–H groups in total. The molecule has 128 valence electrons. The molecule has 1 fully saturated rings. The fraction of sp³-hybridized carbons (Fsp3) is 0.474. The van der Waals surface area contributed by atoms with Gasteiger partial charge < -0.3 is 15.1 Å². The van der Waals surface area contributed by atoms with E-state index in [2.05, 4.69) is 17.3 Å². The molecule has 3 rings (SSSR count). The lowest BCUT2D eigenvalue weighted by Gasteiger charge is -2.34. The zero-order valence-corrected chi connectivity index (χ0v) is 14.4. The first-order valence-electron chi connectivity index (χ1n) is 8.58. The first kappa shape index (κ1) is 16.7. The molecule has 5 heteroatoms. The number of rotatable bonds is 3. The van der Waals surface area contributed by atoms with Gasteiger partial charge in [-0.3, -0.25) is 9.59 Å². The smallest absolute Gasteiger partial charge is 0.223 e. The average molecular weight is 327 g/mol. The molecule has 1 aromatic rings. The van der Waals surface area contributed by atoms with E-state index in [0.717, 1.165) is 37.1 Å². The van der Waals surface area contributed by atoms with Crippen LogP contribution >= 0.6 is 0 Å². The van der Waals surface area contributed by atoms with Gasteiger partial charge in [-0.25, -0.2) is 0 Å². The SMILES string of the molecule is CC(=O)N1C=Cc2ccccc2[C@@H]1CC(=O)N[C@H]1CCCN(C)C1. The second kappa shape index (κ2) is 7.18. The largest absolute Gasteiger partial charge is 0.352 e. The third-order valence-corrected chi connectivity index (χ3v) is 4.84. The first-order valence-corrected chi connectivity index (χ1v) is 8.58. The maximum atomic E-state index is 12.6. The number of benzene rings is 1. The Kier molecular flexibility index (Phi) is 5.00. The molecule has 0 saturated carbocycles. The molecule has 2 amide bonds. The summed E-state index contributed by atoms with van der Waals surface area (Å²) >= 11 is 0. The summed E-state index contributed by atoms with van der Waals surface area (Å²) < 4.78 is 0. The highest BCUT2D eigenvalue weighted by Crippen LogP contribution is 2.32. The first-order chi connectivity index (χ1) is 11.5. The number of carbonyl (C=O) groups is 2.